The molecule has 6 nitrogen and oxygen atoms in total. The average molecular weight is 324 g/mol. The molecule has 120 valence electrons. The van der Waals surface area contributed by atoms with Crippen molar-refractivity contribution in [3.63, 3.8) is 0 Å². The molecule has 0 fully saturated rings. The van der Waals surface area contributed by atoms with Gasteiger partial charge in [0.25, 0.3) is 0 Å². The second-order valence-electron chi connectivity index (χ2n) is 5.08. The van der Waals surface area contributed by atoms with Crippen LogP contribution < -0.4 is 0 Å². The van der Waals surface area contributed by atoms with Crippen LogP contribution in [0.2, 0.25) is 0 Å². The van der Waals surface area contributed by atoms with Crippen molar-refractivity contribution in [2.45, 2.75) is 13.8 Å². The Balaban J connectivity index is 2.33. The van der Waals surface area contributed by atoms with Crippen LogP contribution in [0.25, 0.3) is 16.9 Å². The lowest BCUT2D eigenvalue weighted by molar-refractivity contribution is 0.0521. The Morgan fingerprint density at radius 3 is 2.96 bits per heavy atom. The number of ether oxygens (including phenoxy) is 1. The minimum atomic E-state index is -0.653. The number of hydrogen-bond donors (Lipinski definition) is 0. The lowest BCUT2D eigenvalue weighted by Crippen LogP contribution is -2.08. The van der Waals surface area contributed by atoms with E-state index < -0.39 is 11.8 Å². The third kappa shape index (κ3) is 2.48. The van der Waals surface area contributed by atoms with E-state index in [9.17, 15) is 9.18 Å². The Labute approximate surface area is 137 Å². The first-order valence-corrected chi connectivity index (χ1v) is 7.28. The first kappa shape index (κ1) is 15.6. The van der Waals surface area contributed by atoms with Gasteiger partial charge in [0.1, 0.15) is 11.5 Å². The highest BCUT2D eigenvalue weighted by Gasteiger charge is 2.24. The summed E-state index contributed by atoms with van der Waals surface area (Å²) in [5.74, 6) is -1.28. The number of carbonyl (C=O) groups excluding carboxylic acids is 1. The van der Waals surface area contributed by atoms with Crippen LogP contribution in [-0.2, 0) is 4.74 Å². The molecule has 0 aliphatic carbocycles. The van der Waals surface area contributed by atoms with Gasteiger partial charge in [-0.3, -0.25) is 0 Å². The fraction of sp³-hybridized carbons (Fsp3) is 0.176. The van der Waals surface area contributed by atoms with Gasteiger partial charge >= 0.3 is 5.97 Å². The number of imidazole rings is 1. The molecule has 3 rings (SSSR count). The van der Waals surface area contributed by atoms with Crippen LogP contribution in [0.15, 0.2) is 30.5 Å². The number of esters is 1. The van der Waals surface area contributed by atoms with Crippen molar-refractivity contribution < 1.29 is 13.9 Å². The second-order valence-corrected chi connectivity index (χ2v) is 5.08. The quantitative estimate of drug-likeness (QED) is 0.692. The standard InChI is InChI=1S/C17H13FN4O2/c1-3-24-17(23)15-16(22-14(21-15)5-4-6-20-22)12-7-10(2)11(9-19)8-13(12)18/h4-8H,3H2,1-2H3. The first-order chi connectivity index (χ1) is 11.6. The Morgan fingerprint density at radius 2 is 2.25 bits per heavy atom. The summed E-state index contributed by atoms with van der Waals surface area (Å²) in [6, 6.07) is 7.91. The van der Waals surface area contributed by atoms with Crippen molar-refractivity contribution in [1.29, 1.82) is 5.26 Å². The molecule has 0 amide bonds. The van der Waals surface area contributed by atoms with Gasteiger partial charge < -0.3 is 4.74 Å². The summed E-state index contributed by atoms with van der Waals surface area (Å²) in [7, 11) is 0. The number of benzene rings is 1. The molecule has 2 aromatic heterocycles. The molecule has 24 heavy (non-hydrogen) atoms. The topological polar surface area (TPSA) is 80.3 Å². The fourth-order valence-electron chi connectivity index (χ4n) is 2.46. The highest BCUT2D eigenvalue weighted by Crippen LogP contribution is 2.29. The van der Waals surface area contributed by atoms with E-state index in [-0.39, 0.29) is 29.1 Å². The summed E-state index contributed by atoms with van der Waals surface area (Å²) in [5.41, 5.74) is 1.55. The number of halogens is 1. The molecule has 0 aliphatic heterocycles. The molecule has 0 bridgehead atoms. The summed E-state index contributed by atoms with van der Waals surface area (Å²) in [6.07, 6.45) is 1.52. The van der Waals surface area contributed by atoms with Crippen molar-refractivity contribution in [1.82, 2.24) is 14.6 Å². The lowest BCUT2D eigenvalue weighted by Gasteiger charge is -2.08. The van der Waals surface area contributed by atoms with Gasteiger partial charge in [0.15, 0.2) is 11.3 Å². The van der Waals surface area contributed by atoms with E-state index in [0.717, 1.165) is 6.07 Å². The van der Waals surface area contributed by atoms with E-state index in [1.165, 1.54) is 16.8 Å². The maximum absolute atomic E-state index is 14.6. The summed E-state index contributed by atoms with van der Waals surface area (Å²) >= 11 is 0. The molecule has 0 unspecified atom stereocenters. The SMILES string of the molecule is CCOC(=O)c1nc2cccnn2c1-c1cc(C)c(C#N)cc1F. The number of fused-ring (bicyclic) bond motifs is 1. The highest BCUT2D eigenvalue weighted by atomic mass is 19.1. The van der Waals surface area contributed by atoms with E-state index in [0.29, 0.717) is 11.2 Å². The van der Waals surface area contributed by atoms with E-state index in [1.807, 2.05) is 6.07 Å². The van der Waals surface area contributed by atoms with Crippen molar-refractivity contribution in [2.75, 3.05) is 6.61 Å². The van der Waals surface area contributed by atoms with Crippen molar-refractivity contribution in [2.24, 2.45) is 0 Å². The zero-order valence-corrected chi connectivity index (χ0v) is 13.1. The van der Waals surface area contributed by atoms with Gasteiger partial charge in [-0.15, -0.1) is 0 Å². The number of nitrogens with zero attached hydrogens (tertiary/aromatic N) is 4. The smallest absolute Gasteiger partial charge is 0.359 e. The molecule has 3 aromatic rings. The van der Waals surface area contributed by atoms with Gasteiger partial charge in [0, 0.05) is 11.8 Å². The van der Waals surface area contributed by atoms with E-state index in [2.05, 4.69) is 10.1 Å². The normalized spacial score (nSPS) is 10.6. The second kappa shape index (κ2) is 6.08. The minimum Gasteiger partial charge on any atom is -0.461 e. The van der Waals surface area contributed by atoms with Crippen LogP contribution in [0, 0.1) is 24.1 Å². The number of aryl methyl sites for hydroxylation is 1. The number of nitriles is 1. The van der Waals surface area contributed by atoms with Gasteiger partial charge in [-0.1, -0.05) is 0 Å². The van der Waals surface area contributed by atoms with Crippen LogP contribution in [0.4, 0.5) is 4.39 Å². The summed E-state index contributed by atoms with van der Waals surface area (Å²) in [5, 5.41) is 13.2. The monoisotopic (exact) mass is 324 g/mol. The predicted octanol–water partition coefficient (Wildman–Crippen LogP) is 2.89. The largest absolute Gasteiger partial charge is 0.461 e. The zero-order chi connectivity index (χ0) is 17.3. The van der Waals surface area contributed by atoms with Crippen LogP contribution in [0.3, 0.4) is 0 Å². The summed E-state index contributed by atoms with van der Waals surface area (Å²) in [6.45, 7) is 3.55. The molecule has 0 radical (unpaired) electrons. The predicted molar refractivity (Wildman–Crippen MR) is 83.8 cm³/mol. The van der Waals surface area contributed by atoms with Crippen molar-refractivity contribution in [3.05, 3.63) is 53.1 Å². The van der Waals surface area contributed by atoms with Crippen LogP contribution in [0.1, 0.15) is 28.5 Å². The maximum Gasteiger partial charge on any atom is 0.359 e. The molecule has 0 aliphatic rings. The van der Waals surface area contributed by atoms with Crippen LogP contribution in [0.5, 0.6) is 0 Å². The van der Waals surface area contributed by atoms with Crippen molar-refractivity contribution in [3.8, 4) is 17.3 Å². The Bertz CT molecular complexity index is 988. The van der Waals surface area contributed by atoms with Gasteiger partial charge in [0.2, 0.25) is 0 Å². The summed E-state index contributed by atoms with van der Waals surface area (Å²) < 4.78 is 21.0. The van der Waals surface area contributed by atoms with Gasteiger partial charge in [0.05, 0.1) is 18.2 Å². The maximum atomic E-state index is 14.6. The molecular formula is C17H13FN4O2. The first-order valence-electron chi connectivity index (χ1n) is 7.28. The molecule has 0 N–H and O–H groups in total. The van der Waals surface area contributed by atoms with E-state index in [4.69, 9.17) is 10.00 Å². The molecule has 0 saturated carbocycles. The molecule has 7 heteroatoms. The Morgan fingerprint density at radius 1 is 1.46 bits per heavy atom. The van der Waals surface area contributed by atoms with Crippen LogP contribution >= 0.6 is 0 Å². The number of hydrogen-bond acceptors (Lipinski definition) is 5. The highest BCUT2D eigenvalue weighted by molar-refractivity contribution is 5.95. The third-order valence-electron chi connectivity index (χ3n) is 3.55. The van der Waals surface area contributed by atoms with Crippen LogP contribution in [-0.4, -0.2) is 27.2 Å². The third-order valence-corrected chi connectivity index (χ3v) is 3.55. The Kier molecular flexibility index (Phi) is 3.96. The van der Waals surface area contributed by atoms with Gasteiger partial charge in [-0.25, -0.2) is 18.7 Å². The molecule has 0 atom stereocenters. The molecule has 2 heterocycles. The average Bonchev–Trinajstić information content (AvgIpc) is 2.96. The molecule has 0 spiro atoms. The van der Waals surface area contributed by atoms with Gasteiger partial charge in [-0.2, -0.15) is 10.4 Å². The van der Waals surface area contributed by atoms with Gasteiger partial charge in [-0.05, 0) is 43.7 Å². The molecule has 0 saturated heterocycles. The molecule has 1 aromatic carbocycles. The van der Waals surface area contributed by atoms with E-state index >= 15 is 0 Å². The number of aromatic nitrogens is 3. The fourth-order valence-corrected chi connectivity index (χ4v) is 2.46. The number of carbonyl (C=O) groups is 1. The van der Waals surface area contributed by atoms with E-state index in [1.54, 1.807) is 26.0 Å². The zero-order valence-electron chi connectivity index (χ0n) is 13.1. The summed E-state index contributed by atoms with van der Waals surface area (Å²) in [4.78, 5) is 16.4. The lowest BCUT2D eigenvalue weighted by atomic mass is 10.0. The molecular weight excluding hydrogens is 311 g/mol. The minimum absolute atomic E-state index is 0.0152. The van der Waals surface area contributed by atoms with Crippen molar-refractivity contribution >= 4 is 11.6 Å². The Hall–Kier alpha value is -3.27. The number of rotatable bonds is 3.